The van der Waals surface area contributed by atoms with E-state index in [1.807, 2.05) is 0 Å². The van der Waals surface area contributed by atoms with Crippen molar-refractivity contribution < 1.29 is 9.53 Å². The van der Waals surface area contributed by atoms with Crippen LogP contribution in [0.2, 0.25) is 0 Å². The van der Waals surface area contributed by atoms with Crippen LogP contribution in [0.1, 0.15) is 26.2 Å². The number of carbonyl (C=O) groups excluding carboxylic acids is 1. The molecule has 0 bridgehead atoms. The number of ether oxygens (including phenoxy) is 1. The van der Waals surface area contributed by atoms with Crippen LogP contribution < -0.4 is 0 Å². The summed E-state index contributed by atoms with van der Waals surface area (Å²) in [6.07, 6.45) is 3.42. The van der Waals surface area contributed by atoms with Gasteiger partial charge in [0.15, 0.2) is 0 Å². The Bertz CT molecular complexity index is 143. The van der Waals surface area contributed by atoms with Crippen molar-refractivity contribution in [1.29, 1.82) is 0 Å². The van der Waals surface area contributed by atoms with Crippen molar-refractivity contribution in [1.82, 2.24) is 0 Å². The number of hydrogen-bond acceptors (Lipinski definition) is 2. The summed E-state index contributed by atoms with van der Waals surface area (Å²) in [6.45, 7) is 8.15. The average molecular weight is 170 g/mol. The molecular weight excluding hydrogens is 152 g/mol. The molecule has 0 aromatic carbocycles. The van der Waals surface area contributed by atoms with Gasteiger partial charge in [0.2, 0.25) is 0 Å². The van der Waals surface area contributed by atoms with Gasteiger partial charge in [-0.25, -0.2) is 0 Å². The Morgan fingerprint density at radius 1 is 1.58 bits per heavy atom. The first-order chi connectivity index (χ1) is 5.79. The summed E-state index contributed by atoms with van der Waals surface area (Å²) in [4.78, 5) is 10.8. The van der Waals surface area contributed by atoms with E-state index in [2.05, 4.69) is 24.8 Å². The van der Waals surface area contributed by atoms with E-state index in [-0.39, 0.29) is 11.9 Å². The van der Waals surface area contributed by atoms with Gasteiger partial charge >= 0.3 is 5.97 Å². The minimum Gasteiger partial charge on any atom is -0.469 e. The van der Waals surface area contributed by atoms with Gasteiger partial charge in [0.1, 0.15) is 0 Å². The second-order valence-corrected chi connectivity index (χ2v) is 2.91. The summed E-state index contributed by atoms with van der Waals surface area (Å²) in [5.74, 6) is 0.862. The SMILES string of the molecule is C=C.CCC[C@@H]1C[C@@H]1C(=O)OC. The summed E-state index contributed by atoms with van der Waals surface area (Å²) in [5, 5.41) is 0. The molecule has 0 aliphatic heterocycles. The molecular formula is C10H18O2. The number of methoxy groups -OCH3 is 1. The molecule has 0 heterocycles. The van der Waals surface area contributed by atoms with Crippen LogP contribution in [-0.2, 0) is 9.53 Å². The van der Waals surface area contributed by atoms with Crippen molar-refractivity contribution >= 4 is 5.97 Å². The summed E-state index contributed by atoms with van der Waals surface area (Å²) in [5.41, 5.74) is 0. The topological polar surface area (TPSA) is 26.3 Å². The van der Waals surface area contributed by atoms with E-state index < -0.39 is 0 Å². The predicted octanol–water partition coefficient (Wildman–Crippen LogP) is 2.40. The lowest BCUT2D eigenvalue weighted by Gasteiger charge is -1.95. The van der Waals surface area contributed by atoms with Gasteiger partial charge in [0, 0.05) is 0 Å². The van der Waals surface area contributed by atoms with Gasteiger partial charge < -0.3 is 4.74 Å². The molecule has 0 unspecified atom stereocenters. The molecule has 0 spiro atoms. The lowest BCUT2D eigenvalue weighted by atomic mass is 10.2. The molecule has 1 rings (SSSR count). The number of carbonyl (C=O) groups is 1. The van der Waals surface area contributed by atoms with E-state index in [9.17, 15) is 4.79 Å². The number of rotatable bonds is 3. The van der Waals surface area contributed by atoms with Gasteiger partial charge in [-0.3, -0.25) is 4.79 Å². The predicted molar refractivity (Wildman–Crippen MR) is 49.8 cm³/mol. The molecule has 0 aromatic rings. The Balaban J connectivity index is 0.000000561. The Kier molecular flexibility index (Phi) is 5.43. The Hall–Kier alpha value is -0.790. The molecule has 12 heavy (non-hydrogen) atoms. The molecule has 1 aliphatic carbocycles. The Morgan fingerprint density at radius 3 is 2.58 bits per heavy atom. The van der Waals surface area contributed by atoms with Gasteiger partial charge in [0.25, 0.3) is 0 Å². The van der Waals surface area contributed by atoms with Crippen molar-refractivity contribution in [3.05, 3.63) is 13.2 Å². The summed E-state index contributed by atoms with van der Waals surface area (Å²) in [6, 6.07) is 0. The first kappa shape index (κ1) is 11.2. The smallest absolute Gasteiger partial charge is 0.308 e. The fraction of sp³-hybridized carbons (Fsp3) is 0.700. The zero-order valence-corrected chi connectivity index (χ0v) is 8.01. The van der Waals surface area contributed by atoms with Crippen molar-refractivity contribution in [2.75, 3.05) is 7.11 Å². The molecule has 0 aromatic heterocycles. The van der Waals surface area contributed by atoms with Crippen LogP contribution in [-0.4, -0.2) is 13.1 Å². The van der Waals surface area contributed by atoms with Gasteiger partial charge in [-0.15, -0.1) is 13.2 Å². The number of esters is 1. The quantitative estimate of drug-likeness (QED) is 0.480. The van der Waals surface area contributed by atoms with E-state index in [4.69, 9.17) is 0 Å². The van der Waals surface area contributed by atoms with Crippen molar-refractivity contribution in [3.8, 4) is 0 Å². The highest BCUT2D eigenvalue weighted by molar-refractivity contribution is 5.75. The van der Waals surface area contributed by atoms with Gasteiger partial charge in [0.05, 0.1) is 13.0 Å². The van der Waals surface area contributed by atoms with E-state index in [0.717, 1.165) is 6.42 Å². The third-order valence-electron chi connectivity index (χ3n) is 2.09. The highest BCUT2D eigenvalue weighted by atomic mass is 16.5. The second-order valence-electron chi connectivity index (χ2n) is 2.91. The van der Waals surface area contributed by atoms with Crippen LogP contribution in [0.5, 0.6) is 0 Å². The van der Waals surface area contributed by atoms with Crippen LogP contribution in [0.4, 0.5) is 0 Å². The van der Waals surface area contributed by atoms with E-state index in [1.54, 1.807) is 0 Å². The molecule has 70 valence electrons. The van der Waals surface area contributed by atoms with Crippen molar-refractivity contribution in [3.63, 3.8) is 0 Å². The van der Waals surface area contributed by atoms with Crippen molar-refractivity contribution in [2.45, 2.75) is 26.2 Å². The minimum atomic E-state index is -0.0153. The third kappa shape index (κ3) is 3.07. The molecule has 0 N–H and O–H groups in total. The summed E-state index contributed by atoms with van der Waals surface area (Å²) in [7, 11) is 1.46. The molecule has 1 fully saturated rings. The molecule has 0 amide bonds. The lowest BCUT2D eigenvalue weighted by molar-refractivity contribution is -0.142. The van der Waals surface area contributed by atoms with Crippen LogP contribution in [0.25, 0.3) is 0 Å². The summed E-state index contributed by atoms with van der Waals surface area (Å²) >= 11 is 0. The van der Waals surface area contributed by atoms with Crippen LogP contribution in [0.15, 0.2) is 13.2 Å². The maximum Gasteiger partial charge on any atom is 0.308 e. The fourth-order valence-corrected chi connectivity index (χ4v) is 1.38. The summed E-state index contributed by atoms with van der Waals surface area (Å²) < 4.78 is 4.61. The van der Waals surface area contributed by atoms with Crippen molar-refractivity contribution in [2.24, 2.45) is 11.8 Å². The standard InChI is InChI=1S/C8H14O2.C2H4/c1-3-4-6-5-7(6)8(9)10-2;1-2/h6-7H,3-5H2,1-2H3;1-2H2/t6-,7+;/m1./s1. The molecule has 0 radical (unpaired) electrons. The minimum absolute atomic E-state index is 0.0153. The molecule has 2 nitrogen and oxygen atoms in total. The Labute approximate surface area is 74.6 Å². The fourth-order valence-electron chi connectivity index (χ4n) is 1.38. The molecule has 1 saturated carbocycles. The number of hydrogen-bond donors (Lipinski definition) is 0. The van der Waals surface area contributed by atoms with Gasteiger partial charge in [-0.2, -0.15) is 0 Å². The zero-order chi connectivity index (χ0) is 9.56. The van der Waals surface area contributed by atoms with Crippen LogP contribution in [0, 0.1) is 11.8 Å². The van der Waals surface area contributed by atoms with Gasteiger partial charge in [-0.1, -0.05) is 13.3 Å². The first-order valence-corrected chi connectivity index (χ1v) is 4.37. The maximum atomic E-state index is 10.8. The van der Waals surface area contributed by atoms with Gasteiger partial charge in [-0.05, 0) is 18.8 Å². The first-order valence-electron chi connectivity index (χ1n) is 4.37. The molecule has 1 aliphatic rings. The monoisotopic (exact) mass is 170 g/mol. The average Bonchev–Trinajstić information content (AvgIpc) is 2.87. The molecule has 2 heteroatoms. The van der Waals surface area contributed by atoms with E-state index in [0.29, 0.717) is 5.92 Å². The second kappa shape index (κ2) is 5.81. The molecule has 0 saturated heterocycles. The maximum absolute atomic E-state index is 10.8. The third-order valence-corrected chi connectivity index (χ3v) is 2.09. The zero-order valence-electron chi connectivity index (χ0n) is 8.01. The van der Waals surface area contributed by atoms with E-state index in [1.165, 1.54) is 20.0 Å². The Morgan fingerprint density at radius 2 is 2.17 bits per heavy atom. The largest absolute Gasteiger partial charge is 0.469 e. The normalized spacial score (nSPS) is 25.2. The highest BCUT2D eigenvalue weighted by Gasteiger charge is 2.42. The lowest BCUT2D eigenvalue weighted by Crippen LogP contribution is -2.03. The van der Waals surface area contributed by atoms with Crippen LogP contribution >= 0.6 is 0 Å². The van der Waals surface area contributed by atoms with Crippen LogP contribution in [0.3, 0.4) is 0 Å². The van der Waals surface area contributed by atoms with E-state index >= 15 is 0 Å². The highest BCUT2D eigenvalue weighted by Crippen LogP contribution is 2.42. The molecule has 2 atom stereocenters.